The van der Waals surface area contributed by atoms with Gasteiger partial charge in [0.25, 0.3) is 0 Å². The van der Waals surface area contributed by atoms with Crippen molar-refractivity contribution in [3.8, 4) is 17.2 Å². The molecule has 2 rings (SSSR count). The maximum atomic E-state index is 5.43. The summed E-state index contributed by atoms with van der Waals surface area (Å²) in [4.78, 5) is 0. The number of benzene rings is 2. The number of rotatable bonds is 8. The minimum Gasteiger partial charge on any atom is -0.496 e. The zero-order valence-electron chi connectivity index (χ0n) is 13.8. The van der Waals surface area contributed by atoms with Crippen LogP contribution in [0.25, 0.3) is 0 Å². The molecule has 2 aromatic rings. The van der Waals surface area contributed by atoms with E-state index in [2.05, 4.69) is 29.6 Å². The van der Waals surface area contributed by atoms with Gasteiger partial charge in [0.05, 0.1) is 21.3 Å². The number of halogens is 1. The van der Waals surface area contributed by atoms with E-state index >= 15 is 0 Å². The monoisotopic (exact) mass is 337 g/mol. The van der Waals surface area contributed by atoms with Crippen molar-refractivity contribution in [1.82, 2.24) is 5.32 Å². The van der Waals surface area contributed by atoms with E-state index in [1.165, 1.54) is 5.56 Å². The lowest BCUT2D eigenvalue weighted by molar-refractivity contribution is 0.347. The Balaban J connectivity index is 0.00000264. The summed E-state index contributed by atoms with van der Waals surface area (Å²) in [6.45, 7) is 1.62. The topological polar surface area (TPSA) is 39.7 Å². The van der Waals surface area contributed by atoms with Gasteiger partial charge >= 0.3 is 0 Å². The molecule has 0 heterocycles. The molecule has 0 amide bonds. The first-order valence-corrected chi connectivity index (χ1v) is 7.32. The van der Waals surface area contributed by atoms with Gasteiger partial charge in [0, 0.05) is 18.2 Å². The van der Waals surface area contributed by atoms with Gasteiger partial charge in [0.2, 0.25) is 0 Å². The molecule has 0 aliphatic carbocycles. The lowest BCUT2D eigenvalue weighted by atomic mass is 10.1. The molecule has 0 spiro atoms. The molecule has 5 heteroatoms. The molecular formula is C18H24ClNO3. The molecule has 0 saturated carbocycles. The van der Waals surface area contributed by atoms with Gasteiger partial charge in [-0.25, -0.2) is 0 Å². The standard InChI is InChI=1S/C18H23NO3.ClH/c1-20-16-12-18(22-3)17(21-2)11-15(16)13-19-10-9-14-7-5-4-6-8-14;/h4-8,11-12,19H,9-10,13H2,1-3H3;1H. The predicted molar refractivity (Wildman–Crippen MR) is 95.2 cm³/mol. The van der Waals surface area contributed by atoms with E-state index in [4.69, 9.17) is 14.2 Å². The molecule has 0 fully saturated rings. The van der Waals surface area contributed by atoms with Crippen molar-refractivity contribution < 1.29 is 14.2 Å². The molecule has 2 aromatic carbocycles. The highest BCUT2D eigenvalue weighted by molar-refractivity contribution is 5.85. The largest absolute Gasteiger partial charge is 0.496 e. The Morgan fingerprint density at radius 1 is 0.826 bits per heavy atom. The fourth-order valence-corrected chi connectivity index (χ4v) is 2.33. The van der Waals surface area contributed by atoms with Crippen LogP contribution in [0.5, 0.6) is 17.2 Å². The van der Waals surface area contributed by atoms with E-state index in [1.54, 1.807) is 21.3 Å². The minimum absolute atomic E-state index is 0. The van der Waals surface area contributed by atoms with Crippen molar-refractivity contribution in [1.29, 1.82) is 0 Å². The summed E-state index contributed by atoms with van der Waals surface area (Å²) in [5.41, 5.74) is 2.38. The maximum Gasteiger partial charge on any atom is 0.164 e. The maximum absolute atomic E-state index is 5.43. The molecule has 0 unspecified atom stereocenters. The van der Waals surface area contributed by atoms with E-state index in [0.29, 0.717) is 11.5 Å². The molecular weight excluding hydrogens is 314 g/mol. The summed E-state index contributed by atoms with van der Waals surface area (Å²) >= 11 is 0. The first-order valence-electron chi connectivity index (χ1n) is 7.32. The molecule has 4 nitrogen and oxygen atoms in total. The van der Waals surface area contributed by atoms with Crippen molar-refractivity contribution in [3.05, 3.63) is 53.6 Å². The third-order valence-electron chi connectivity index (χ3n) is 3.54. The van der Waals surface area contributed by atoms with Crippen LogP contribution in [0.1, 0.15) is 11.1 Å². The van der Waals surface area contributed by atoms with Crippen LogP contribution in [0.2, 0.25) is 0 Å². The first-order chi connectivity index (χ1) is 10.8. The highest BCUT2D eigenvalue weighted by atomic mass is 35.5. The fraction of sp³-hybridized carbons (Fsp3) is 0.333. The van der Waals surface area contributed by atoms with Crippen LogP contribution >= 0.6 is 12.4 Å². The van der Waals surface area contributed by atoms with Crippen LogP contribution in [0.15, 0.2) is 42.5 Å². The summed E-state index contributed by atoms with van der Waals surface area (Å²) in [5.74, 6) is 2.18. The number of hydrogen-bond acceptors (Lipinski definition) is 4. The summed E-state index contributed by atoms with van der Waals surface area (Å²) in [5, 5.41) is 3.44. The Bertz CT molecular complexity index is 590. The number of methoxy groups -OCH3 is 3. The molecule has 0 radical (unpaired) electrons. The first kappa shape index (κ1) is 19.1. The molecule has 126 valence electrons. The van der Waals surface area contributed by atoms with Crippen molar-refractivity contribution in [2.45, 2.75) is 13.0 Å². The van der Waals surface area contributed by atoms with E-state index in [9.17, 15) is 0 Å². The highest BCUT2D eigenvalue weighted by Crippen LogP contribution is 2.34. The third-order valence-corrected chi connectivity index (χ3v) is 3.54. The normalized spacial score (nSPS) is 9.87. The van der Waals surface area contributed by atoms with Crippen molar-refractivity contribution in [2.24, 2.45) is 0 Å². The predicted octanol–water partition coefficient (Wildman–Crippen LogP) is 3.47. The second kappa shape index (κ2) is 9.98. The van der Waals surface area contributed by atoms with Gasteiger partial charge in [-0.05, 0) is 24.6 Å². The van der Waals surface area contributed by atoms with Crippen LogP contribution in [0.4, 0.5) is 0 Å². The Morgan fingerprint density at radius 3 is 2.04 bits per heavy atom. The molecule has 0 aromatic heterocycles. The Hall–Kier alpha value is -1.91. The van der Waals surface area contributed by atoms with E-state index in [1.807, 2.05) is 18.2 Å². The summed E-state index contributed by atoms with van der Waals surface area (Å²) in [6.07, 6.45) is 0.996. The number of hydrogen-bond donors (Lipinski definition) is 1. The zero-order valence-corrected chi connectivity index (χ0v) is 14.6. The van der Waals surface area contributed by atoms with Gasteiger partial charge < -0.3 is 19.5 Å². The van der Waals surface area contributed by atoms with Crippen LogP contribution in [-0.4, -0.2) is 27.9 Å². The average Bonchev–Trinajstić information content (AvgIpc) is 2.58. The molecule has 0 bridgehead atoms. The minimum atomic E-state index is 0. The molecule has 0 saturated heterocycles. The molecule has 0 aliphatic rings. The molecule has 0 aliphatic heterocycles. The van der Waals surface area contributed by atoms with Gasteiger partial charge in [0.1, 0.15) is 5.75 Å². The molecule has 23 heavy (non-hydrogen) atoms. The summed E-state index contributed by atoms with van der Waals surface area (Å²) < 4.78 is 16.1. The van der Waals surface area contributed by atoms with E-state index in [0.717, 1.165) is 30.8 Å². The highest BCUT2D eigenvalue weighted by Gasteiger charge is 2.11. The SMILES string of the molecule is COc1cc(OC)c(OC)cc1CNCCc1ccccc1.Cl. The van der Waals surface area contributed by atoms with Gasteiger partial charge in [-0.1, -0.05) is 30.3 Å². The van der Waals surface area contributed by atoms with Crippen LogP contribution in [0.3, 0.4) is 0 Å². The second-order valence-corrected chi connectivity index (χ2v) is 4.93. The van der Waals surface area contributed by atoms with Crippen molar-refractivity contribution in [2.75, 3.05) is 27.9 Å². The molecule has 1 N–H and O–H groups in total. The Kier molecular flexibility index (Phi) is 8.30. The van der Waals surface area contributed by atoms with Crippen molar-refractivity contribution in [3.63, 3.8) is 0 Å². The van der Waals surface area contributed by atoms with Gasteiger partial charge in [-0.3, -0.25) is 0 Å². The Labute approximate surface area is 144 Å². The quantitative estimate of drug-likeness (QED) is 0.749. The smallest absolute Gasteiger partial charge is 0.164 e. The summed E-state index contributed by atoms with van der Waals surface area (Å²) in [7, 11) is 4.92. The fourth-order valence-electron chi connectivity index (χ4n) is 2.33. The zero-order chi connectivity index (χ0) is 15.8. The number of nitrogens with one attached hydrogen (secondary N) is 1. The summed E-state index contributed by atoms with van der Waals surface area (Å²) in [6, 6.07) is 14.2. The number of ether oxygens (including phenoxy) is 3. The van der Waals surface area contributed by atoms with Gasteiger partial charge in [-0.2, -0.15) is 0 Å². The lowest BCUT2D eigenvalue weighted by Crippen LogP contribution is -2.17. The van der Waals surface area contributed by atoms with Crippen LogP contribution in [0, 0.1) is 0 Å². The van der Waals surface area contributed by atoms with Gasteiger partial charge in [0.15, 0.2) is 11.5 Å². The Morgan fingerprint density at radius 2 is 1.43 bits per heavy atom. The van der Waals surface area contributed by atoms with Crippen LogP contribution in [-0.2, 0) is 13.0 Å². The third kappa shape index (κ3) is 5.34. The van der Waals surface area contributed by atoms with Gasteiger partial charge in [-0.15, -0.1) is 12.4 Å². The average molecular weight is 338 g/mol. The van der Waals surface area contributed by atoms with Crippen LogP contribution < -0.4 is 19.5 Å². The van der Waals surface area contributed by atoms with E-state index in [-0.39, 0.29) is 12.4 Å². The molecule has 0 atom stereocenters. The van der Waals surface area contributed by atoms with Crippen molar-refractivity contribution >= 4 is 12.4 Å². The lowest BCUT2D eigenvalue weighted by Gasteiger charge is -2.14. The second-order valence-electron chi connectivity index (χ2n) is 4.93. The van der Waals surface area contributed by atoms with E-state index < -0.39 is 0 Å².